The van der Waals surface area contributed by atoms with Crippen LogP contribution in [0.5, 0.6) is 0 Å². The predicted molar refractivity (Wildman–Crippen MR) is 96.7 cm³/mol. The number of benzene rings is 2. The number of alkyl carbamates (subject to hydrolysis) is 1. The van der Waals surface area contributed by atoms with Crippen molar-refractivity contribution in [1.29, 1.82) is 0 Å². The van der Waals surface area contributed by atoms with Crippen molar-refractivity contribution in [3.05, 3.63) is 64.4 Å². The minimum absolute atomic E-state index is 0.283. The zero-order valence-corrected chi connectivity index (χ0v) is 14.7. The number of aromatic amines is 1. The van der Waals surface area contributed by atoms with Gasteiger partial charge in [-0.3, -0.25) is 0 Å². The van der Waals surface area contributed by atoms with Gasteiger partial charge in [-0.2, -0.15) is 0 Å². The highest BCUT2D eigenvalue weighted by atomic mass is 79.9. The summed E-state index contributed by atoms with van der Waals surface area (Å²) in [5, 5.41) is 2.76. The number of ether oxygens (including phenoxy) is 1. The number of fused-ring (bicyclic) bond motifs is 1. The summed E-state index contributed by atoms with van der Waals surface area (Å²) in [5.41, 5.74) is 2.93. The normalized spacial score (nSPS) is 10.7. The van der Waals surface area contributed by atoms with E-state index in [0.717, 1.165) is 39.7 Å². The standard InChI is InChI=1S/C18H18BrN3O2/c19-14-8-9-15-16(11-14)22-17(21-15)7-4-10-20-18(23)24-12-13-5-2-1-3-6-13/h1-3,5-6,8-9,11H,4,7,10,12H2,(H,20,23)(H,21,22). The van der Waals surface area contributed by atoms with E-state index in [0.29, 0.717) is 6.54 Å². The Bertz CT molecular complexity index is 818. The molecule has 0 saturated heterocycles. The summed E-state index contributed by atoms with van der Waals surface area (Å²) >= 11 is 3.44. The lowest BCUT2D eigenvalue weighted by molar-refractivity contribution is 0.139. The molecule has 3 rings (SSSR count). The Hall–Kier alpha value is -2.34. The van der Waals surface area contributed by atoms with Crippen LogP contribution in [0, 0.1) is 0 Å². The van der Waals surface area contributed by atoms with E-state index in [-0.39, 0.29) is 6.61 Å². The number of rotatable bonds is 6. The second-order valence-corrected chi connectivity index (χ2v) is 6.35. The van der Waals surface area contributed by atoms with E-state index in [1.807, 2.05) is 48.5 Å². The first kappa shape index (κ1) is 16.5. The van der Waals surface area contributed by atoms with E-state index < -0.39 is 6.09 Å². The molecule has 6 heteroatoms. The SMILES string of the molecule is O=C(NCCCc1nc2ccc(Br)cc2[nH]1)OCc1ccccc1. The topological polar surface area (TPSA) is 67.0 Å². The van der Waals surface area contributed by atoms with Crippen molar-refractivity contribution in [1.82, 2.24) is 15.3 Å². The summed E-state index contributed by atoms with van der Waals surface area (Å²) in [6.45, 7) is 0.833. The van der Waals surface area contributed by atoms with Crippen molar-refractivity contribution in [2.75, 3.05) is 6.54 Å². The van der Waals surface area contributed by atoms with Gasteiger partial charge in [0.2, 0.25) is 0 Å². The summed E-state index contributed by atoms with van der Waals surface area (Å²) in [7, 11) is 0. The molecule has 0 fully saturated rings. The number of amides is 1. The molecule has 5 nitrogen and oxygen atoms in total. The largest absolute Gasteiger partial charge is 0.445 e. The van der Waals surface area contributed by atoms with Crippen LogP contribution in [0.1, 0.15) is 17.8 Å². The lowest BCUT2D eigenvalue weighted by Gasteiger charge is -2.06. The molecule has 0 atom stereocenters. The maximum absolute atomic E-state index is 11.6. The second kappa shape index (κ2) is 7.97. The molecular formula is C18H18BrN3O2. The van der Waals surface area contributed by atoms with Gasteiger partial charge >= 0.3 is 6.09 Å². The molecule has 0 aliphatic carbocycles. The van der Waals surface area contributed by atoms with E-state index >= 15 is 0 Å². The second-order valence-electron chi connectivity index (χ2n) is 5.44. The molecule has 2 N–H and O–H groups in total. The van der Waals surface area contributed by atoms with Gasteiger partial charge in [0.1, 0.15) is 12.4 Å². The molecule has 0 aliphatic heterocycles. The van der Waals surface area contributed by atoms with Crippen LogP contribution in [-0.4, -0.2) is 22.6 Å². The Balaban J connectivity index is 1.39. The molecule has 24 heavy (non-hydrogen) atoms. The van der Waals surface area contributed by atoms with Crippen molar-refractivity contribution in [2.45, 2.75) is 19.4 Å². The number of hydrogen-bond donors (Lipinski definition) is 2. The van der Waals surface area contributed by atoms with E-state index in [4.69, 9.17) is 4.74 Å². The summed E-state index contributed by atoms with van der Waals surface area (Å²) in [6.07, 6.45) is 1.17. The number of aryl methyl sites for hydroxylation is 1. The van der Waals surface area contributed by atoms with E-state index in [2.05, 4.69) is 31.2 Å². The molecule has 1 heterocycles. The molecule has 0 saturated carbocycles. The summed E-state index contributed by atoms with van der Waals surface area (Å²) in [4.78, 5) is 19.5. The number of nitrogens with one attached hydrogen (secondary N) is 2. The highest BCUT2D eigenvalue weighted by Crippen LogP contribution is 2.18. The van der Waals surface area contributed by atoms with E-state index in [9.17, 15) is 4.79 Å². The lowest BCUT2D eigenvalue weighted by atomic mass is 10.2. The summed E-state index contributed by atoms with van der Waals surface area (Å²) < 4.78 is 6.18. The highest BCUT2D eigenvalue weighted by molar-refractivity contribution is 9.10. The van der Waals surface area contributed by atoms with Gasteiger partial charge in [-0.25, -0.2) is 9.78 Å². The van der Waals surface area contributed by atoms with Crippen LogP contribution in [0.3, 0.4) is 0 Å². The number of halogens is 1. The molecule has 1 amide bonds. The average molecular weight is 388 g/mol. The van der Waals surface area contributed by atoms with Crippen molar-refractivity contribution >= 4 is 33.1 Å². The van der Waals surface area contributed by atoms with Gasteiger partial charge in [0.05, 0.1) is 11.0 Å². The van der Waals surface area contributed by atoms with Gasteiger partial charge in [-0.1, -0.05) is 46.3 Å². The highest BCUT2D eigenvalue weighted by Gasteiger charge is 2.05. The van der Waals surface area contributed by atoms with Crippen LogP contribution >= 0.6 is 15.9 Å². The van der Waals surface area contributed by atoms with Gasteiger partial charge in [0.25, 0.3) is 0 Å². The summed E-state index contributed by atoms with van der Waals surface area (Å²) in [5.74, 6) is 0.919. The Morgan fingerprint density at radius 3 is 2.88 bits per heavy atom. The quantitative estimate of drug-likeness (QED) is 0.623. The first-order valence-electron chi connectivity index (χ1n) is 7.79. The monoisotopic (exact) mass is 387 g/mol. The Morgan fingerprint density at radius 1 is 1.21 bits per heavy atom. The smallest absolute Gasteiger partial charge is 0.407 e. The minimum atomic E-state index is -0.396. The van der Waals surface area contributed by atoms with Crippen LogP contribution in [0.4, 0.5) is 4.79 Å². The lowest BCUT2D eigenvalue weighted by Crippen LogP contribution is -2.25. The molecule has 1 aromatic heterocycles. The van der Waals surface area contributed by atoms with E-state index in [1.54, 1.807) is 0 Å². The van der Waals surface area contributed by atoms with Crippen molar-refractivity contribution in [3.8, 4) is 0 Å². The first-order valence-corrected chi connectivity index (χ1v) is 8.59. The molecule has 0 bridgehead atoms. The van der Waals surface area contributed by atoms with Crippen LogP contribution in [0.15, 0.2) is 53.0 Å². The van der Waals surface area contributed by atoms with Crippen molar-refractivity contribution < 1.29 is 9.53 Å². The fraction of sp³-hybridized carbons (Fsp3) is 0.222. The Labute approximate surface area is 148 Å². The molecule has 0 unspecified atom stereocenters. The van der Waals surface area contributed by atoms with Gasteiger partial charge in [-0.15, -0.1) is 0 Å². The number of imidazole rings is 1. The zero-order valence-electron chi connectivity index (χ0n) is 13.1. The van der Waals surface area contributed by atoms with Crippen molar-refractivity contribution in [3.63, 3.8) is 0 Å². The zero-order chi connectivity index (χ0) is 16.8. The predicted octanol–water partition coefficient (Wildman–Crippen LogP) is 4.18. The van der Waals surface area contributed by atoms with Gasteiger partial charge in [0.15, 0.2) is 0 Å². The molecule has 2 aromatic carbocycles. The molecular weight excluding hydrogens is 370 g/mol. The maximum atomic E-state index is 11.6. The molecule has 0 spiro atoms. The maximum Gasteiger partial charge on any atom is 0.407 e. The third-order valence-electron chi connectivity index (χ3n) is 3.57. The molecule has 0 radical (unpaired) electrons. The van der Waals surface area contributed by atoms with Gasteiger partial charge < -0.3 is 15.0 Å². The fourth-order valence-electron chi connectivity index (χ4n) is 2.37. The molecule has 0 aliphatic rings. The van der Waals surface area contributed by atoms with Crippen molar-refractivity contribution in [2.24, 2.45) is 0 Å². The first-order chi connectivity index (χ1) is 11.7. The van der Waals surface area contributed by atoms with Gasteiger partial charge in [0, 0.05) is 17.4 Å². The number of hydrogen-bond acceptors (Lipinski definition) is 3. The number of carbonyl (C=O) groups is 1. The number of nitrogens with zero attached hydrogens (tertiary/aromatic N) is 1. The summed E-state index contributed by atoms with van der Waals surface area (Å²) in [6, 6.07) is 15.6. The van der Waals surface area contributed by atoms with Gasteiger partial charge in [-0.05, 0) is 30.2 Å². The van der Waals surface area contributed by atoms with E-state index in [1.165, 1.54) is 0 Å². The van der Waals surface area contributed by atoms with Crippen LogP contribution < -0.4 is 5.32 Å². The van der Waals surface area contributed by atoms with Crippen LogP contribution in [0.2, 0.25) is 0 Å². The molecule has 124 valence electrons. The fourth-order valence-corrected chi connectivity index (χ4v) is 2.73. The number of H-pyrrole nitrogens is 1. The average Bonchev–Trinajstić information content (AvgIpc) is 2.99. The van der Waals surface area contributed by atoms with Crippen LogP contribution in [-0.2, 0) is 17.8 Å². The van der Waals surface area contributed by atoms with Crippen LogP contribution in [0.25, 0.3) is 11.0 Å². The third-order valence-corrected chi connectivity index (χ3v) is 4.06. The third kappa shape index (κ3) is 4.58. The number of aromatic nitrogens is 2. The minimum Gasteiger partial charge on any atom is -0.445 e. The number of carbonyl (C=O) groups excluding carboxylic acids is 1. The Kier molecular flexibility index (Phi) is 5.48. The molecule has 3 aromatic rings. The Morgan fingerprint density at radius 2 is 2.04 bits per heavy atom.